The van der Waals surface area contributed by atoms with Crippen LogP contribution >= 0.6 is 0 Å². The zero-order valence-corrected chi connectivity index (χ0v) is 11.7. The van der Waals surface area contributed by atoms with Crippen molar-refractivity contribution in [2.45, 2.75) is 6.92 Å². The Labute approximate surface area is 122 Å². The average molecular weight is 277 g/mol. The van der Waals surface area contributed by atoms with Gasteiger partial charge >= 0.3 is 0 Å². The molecule has 0 saturated heterocycles. The van der Waals surface area contributed by atoms with Gasteiger partial charge < -0.3 is 9.72 Å². The molecule has 0 bridgehead atoms. The van der Waals surface area contributed by atoms with E-state index in [1.54, 1.807) is 12.3 Å². The number of anilines is 1. The third-order valence-corrected chi connectivity index (χ3v) is 3.12. The number of pyridine rings is 1. The molecule has 3 aromatic rings. The van der Waals surface area contributed by atoms with Gasteiger partial charge in [0.25, 0.3) is 0 Å². The van der Waals surface area contributed by atoms with Crippen molar-refractivity contribution in [2.24, 2.45) is 0 Å². The van der Waals surface area contributed by atoms with Crippen LogP contribution in [0.2, 0.25) is 0 Å². The summed E-state index contributed by atoms with van der Waals surface area (Å²) in [7, 11) is 0. The van der Waals surface area contributed by atoms with Gasteiger partial charge in [0.1, 0.15) is 5.65 Å². The summed E-state index contributed by atoms with van der Waals surface area (Å²) < 4.78 is 1.86. The molecule has 2 aromatic heterocycles. The lowest BCUT2D eigenvalue weighted by Gasteiger charge is -1.96. The van der Waals surface area contributed by atoms with E-state index in [4.69, 9.17) is 0 Å². The lowest BCUT2D eigenvalue weighted by molar-refractivity contribution is -0.111. The molecular formula is C17H15N3O. The molecule has 0 unspecified atom stereocenters. The second kappa shape index (κ2) is 5.63. The van der Waals surface area contributed by atoms with Crippen LogP contribution in [0.3, 0.4) is 0 Å². The van der Waals surface area contributed by atoms with Gasteiger partial charge in [0.2, 0.25) is 5.91 Å². The highest BCUT2D eigenvalue weighted by atomic mass is 16.1. The standard InChI is InChI=1S/C17H15N3O/c1-13-5-7-14(8-6-13)9-10-17(21)19-15-12-20-11-3-2-4-16(20)18-15/h2-12H,1H3,(H,19,21)/b10-9+. The quantitative estimate of drug-likeness (QED) is 0.747. The van der Waals surface area contributed by atoms with E-state index in [1.165, 1.54) is 11.6 Å². The number of hydrogen-bond acceptors (Lipinski definition) is 2. The van der Waals surface area contributed by atoms with Crippen LogP contribution in [0, 0.1) is 6.92 Å². The number of carbonyl (C=O) groups excluding carboxylic acids is 1. The maximum absolute atomic E-state index is 11.9. The number of benzene rings is 1. The number of aromatic nitrogens is 2. The van der Waals surface area contributed by atoms with Gasteiger partial charge in [-0.05, 0) is 30.7 Å². The fraction of sp³-hybridized carbons (Fsp3) is 0.0588. The van der Waals surface area contributed by atoms with E-state index in [0.29, 0.717) is 5.82 Å². The van der Waals surface area contributed by atoms with Crippen molar-refractivity contribution in [3.8, 4) is 0 Å². The summed E-state index contributed by atoms with van der Waals surface area (Å²) in [5, 5.41) is 2.76. The third-order valence-electron chi connectivity index (χ3n) is 3.12. The van der Waals surface area contributed by atoms with Gasteiger partial charge in [0.15, 0.2) is 5.82 Å². The minimum absolute atomic E-state index is 0.195. The predicted molar refractivity (Wildman–Crippen MR) is 84.0 cm³/mol. The zero-order valence-electron chi connectivity index (χ0n) is 11.7. The molecule has 0 spiro atoms. The largest absolute Gasteiger partial charge is 0.306 e. The number of fused-ring (bicyclic) bond motifs is 1. The summed E-state index contributed by atoms with van der Waals surface area (Å²) in [5.74, 6) is 0.346. The Bertz CT molecular complexity index is 767. The average Bonchev–Trinajstić information content (AvgIpc) is 2.88. The van der Waals surface area contributed by atoms with Crippen molar-refractivity contribution in [2.75, 3.05) is 5.32 Å². The van der Waals surface area contributed by atoms with Crippen LogP contribution in [-0.2, 0) is 4.79 Å². The summed E-state index contributed by atoms with van der Waals surface area (Å²) in [6, 6.07) is 13.7. The molecule has 4 heteroatoms. The predicted octanol–water partition coefficient (Wildman–Crippen LogP) is 3.29. The topological polar surface area (TPSA) is 46.4 Å². The molecule has 0 aliphatic carbocycles. The van der Waals surface area contributed by atoms with Crippen molar-refractivity contribution < 1.29 is 4.79 Å². The van der Waals surface area contributed by atoms with E-state index in [0.717, 1.165) is 11.2 Å². The number of imidazole rings is 1. The Morgan fingerprint density at radius 3 is 2.76 bits per heavy atom. The SMILES string of the molecule is Cc1ccc(/C=C/C(=O)Nc2cn3ccccc3n2)cc1. The molecule has 2 heterocycles. The fourth-order valence-corrected chi connectivity index (χ4v) is 2.01. The highest BCUT2D eigenvalue weighted by Gasteiger charge is 2.03. The summed E-state index contributed by atoms with van der Waals surface area (Å²) in [6.45, 7) is 2.03. The van der Waals surface area contributed by atoms with Gasteiger partial charge in [0, 0.05) is 12.3 Å². The van der Waals surface area contributed by atoms with Crippen LogP contribution in [0.4, 0.5) is 5.82 Å². The van der Waals surface area contributed by atoms with Crippen molar-refractivity contribution in [3.63, 3.8) is 0 Å². The van der Waals surface area contributed by atoms with Crippen LogP contribution in [0.1, 0.15) is 11.1 Å². The van der Waals surface area contributed by atoms with Gasteiger partial charge in [-0.1, -0.05) is 35.9 Å². The molecule has 104 valence electrons. The molecule has 21 heavy (non-hydrogen) atoms. The van der Waals surface area contributed by atoms with E-state index in [-0.39, 0.29) is 5.91 Å². The molecule has 0 saturated carbocycles. The molecule has 0 fully saturated rings. The molecule has 3 rings (SSSR count). The van der Waals surface area contributed by atoms with Gasteiger partial charge in [-0.2, -0.15) is 0 Å². The molecule has 0 aliphatic rings. The Hall–Kier alpha value is -2.88. The monoisotopic (exact) mass is 277 g/mol. The fourth-order valence-electron chi connectivity index (χ4n) is 2.01. The van der Waals surface area contributed by atoms with Crippen molar-refractivity contribution in [1.29, 1.82) is 0 Å². The molecular weight excluding hydrogens is 262 g/mol. The molecule has 0 atom stereocenters. The number of amides is 1. The molecule has 1 aromatic carbocycles. The molecule has 1 N–H and O–H groups in total. The number of hydrogen-bond donors (Lipinski definition) is 1. The second-order valence-corrected chi connectivity index (χ2v) is 4.83. The molecule has 1 amide bonds. The van der Waals surface area contributed by atoms with Gasteiger partial charge in [-0.3, -0.25) is 4.79 Å². The zero-order chi connectivity index (χ0) is 14.7. The van der Waals surface area contributed by atoms with Crippen LogP contribution in [0.25, 0.3) is 11.7 Å². The van der Waals surface area contributed by atoms with Crippen molar-refractivity contribution in [3.05, 3.63) is 72.1 Å². The Kier molecular flexibility index (Phi) is 3.51. The lowest BCUT2D eigenvalue weighted by atomic mass is 10.1. The van der Waals surface area contributed by atoms with Gasteiger partial charge in [-0.25, -0.2) is 4.98 Å². The maximum atomic E-state index is 11.9. The van der Waals surface area contributed by atoms with E-state index < -0.39 is 0 Å². The molecule has 0 radical (unpaired) electrons. The highest BCUT2D eigenvalue weighted by molar-refractivity contribution is 6.01. The lowest BCUT2D eigenvalue weighted by Crippen LogP contribution is -2.07. The Morgan fingerprint density at radius 1 is 1.19 bits per heavy atom. The first-order valence-electron chi connectivity index (χ1n) is 6.70. The first-order chi connectivity index (χ1) is 10.2. The number of nitrogens with one attached hydrogen (secondary N) is 1. The highest BCUT2D eigenvalue weighted by Crippen LogP contribution is 2.09. The maximum Gasteiger partial charge on any atom is 0.249 e. The minimum Gasteiger partial charge on any atom is -0.306 e. The van der Waals surface area contributed by atoms with Crippen LogP contribution in [0.15, 0.2) is 60.9 Å². The summed E-state index contributed by atoms with van der Waals surface area (Å²) in [5.41, 5.74) is 2.99. The van der Waals surface area contributed by atoms with Crippen LogP contribution in [-0.4, -0.2) is 15.3 Å². The van der Waals surface area contributed by atoms with Gasteiger partial charge in [-0.15, -0.1) is 0 Å². The summed E-state index contributed by atoms with van der Waals surface area (Å²) >= 11 is 0. The smallest absolute Gasteiger partial charge is 0.249 e. The van der Waals surface area contributed by atoms with E-state index >= 15 is 0 Å². The van der Waals surface area contributed by atoms with E-state index in [9.17, 15) is 4.79 Å². The molecule has 4 nitrogen and oxygen atoms in total. The Balaban J connectivity index is 1.69. The van der Waals surface area contributed by atoms with Crippen molar-refractivity contribution >= 4 is 23.4 Å². The number of nitrogens with zero attached hydrogens (tertiary/aromatic N) is 2. The number of carbonyl (C=O) groups is 1. The number of rotatable bonds is 3. The first kappa shape index (κ1) is 13.1. The minimum atomic E-state index is -0.195. The van der Waals surface area contributed by atoms with E-state index in [1.807, 2.05) is 60.0 Å². The summed E-state index contributed by atoms with van der Waals surface area (Å²) in [6.07, 6.45) is 6.96. The third kappa shape index (κ3) is 3.17. The van der Waals surface area contributed by atoms with Gasteiger partial charge in [0.05, 0.1) is 6.20 Å². The van der Waals surface area contributed by atoms with Crippen molar-refractivity contribution in [1.82, 2.24) is 9.38 Å². The molecule has 0 aliphatic heterocycles. The second-order valence-electron chi connectivity index (χ2n) is 4.83. The van der Waals surface area contributed by atoms with E-state index in [2.05, 4.69) is 10.3 Å². The number of aryl methyl sites for hydroxylation is 1. The first-order valence-corrected chi connectivity index (χ1v) is 6.70. The normalized spacial score (nSPS) is 11.1. The summed E-state index contributed by atoms with van der Waals surface area (Å²) in [4.78, 5) is 16.2. The van der Waals surface area contributed by atoms with Crippen LogP contribution < -0.4 is 5.32 Å². The van der Waals surface area contributed by atoms with Crippen LogP contribution in [0.5, 0.6) is 0 Å². The Morgan fingerprint density at radius 2 is 2.00 bits per heavy atom.